The lowest BCUT2D eigenvalue weighted by molar-refractivity contribution is 0.102. The Labute approximate surface area is 163 Å². The molecular weight excluding hydrogens is 356 g/mol. The van der Waals surface area contributed by atoms with Crippen molar-refractivity contribution >= 4 is 17.5 Å². The number of ether oxygens (including phenoxy) is 2. The summed E-state index contributed by atoms with van der Waals surface area (Å²) in [7, 11) is 3.10. The molecule has 0 radical (unpaired) electrons. The Kier molecular flexibility index (Phi) is 6.41. The van der Waals surface area contributed by atoms with Crippen LogP contribution in [0.3, 0.4) is 0 Å². The predicted molar refractivity (Wildman–Crippen MR) is 108 cm³/mol. The van der Waals surface area contributed by atoms with Crippen molar-refractivity contribution < 1.29 is 14.3 Å². The molecule has 3 rings (SSSR count). The molecule has 7 heteroatoms. The van der Waals surface area contributed by atoms with Gasteiger partial charge in [0.2, 0.25) is 5.95 Å². The summed E-state index contributed by atoms with van der Waals surface area (Å²) in [6.07, 6.45) is 2.40. The predicted octanol–water partition coefficient (Wildman–Crippen LogP) is 3.40. The standard InChI is InChI=1S/C21H22N4O3/c1-27-18-9-8-16(14-19(18)28-2)24-20(26)17-11-13-23-21(25-17)22-12-10-15-6-4-3-5-7-15/h3-9,11,13-14H,10,12H2,1-2H3,(H,24,26)(H,22,23,25). The van der Waals surface area contributed by atoms with Crippen LogP contribution in [-0.4, -0.2) is 36.6 Å². The van der Waals surface area contributed by atoms with Crippen LogP contribution in [0.5, 0.6) is 11.5 Å². The molecule has 2 N–H and O–H groups in total. The number of rotatable bonds is 8. The molecule has 1 amide bonds. The van der Waals surface area contributed by atoms with E-state index in [4.69, 9.17) is 9.47 Å². The maximum atomic E-state index is 12.5. The summed E-state index contributed by atoms with van der Waals surface area (Å²) in [6, 6.07) is 16.8. The van der Waals surface area contributed by atoms with Crippen LogP contribution in [0.25, 0.3) is 0 Å². The van der Waals surface area contributed by atoms with E-state index in [0.29, 0.717) is 29.7 Å². The van der Waals surface area contributed by atoms with Crippen molar-refractivity contribution in [1.82, 2.24) is 9.97 Å². The summed E-state index contributed by atoms with van der Waals surface area (Å²) in [5.74, 6) is 1.20. The highest BCUT2D eigenvalue weighted by Gasteiger charge is 2.11. The molecule has 0 bridgehead atoms. The monoisotopic (exact) mass is 378 g/mol. The molecule has 0 saturated heterocycles. The van der Waals surface area contributed by atoms with Crippen LogP contribution >= 0.6 is 0 Å². The number of hydrogen-bond donors (Lipinski definition) is 2. The molecule has 0 spiro atoms. The lowest BCUT2D eigenvalue weighted by atomic mass is 10.1. The van der Waals surface area contributed by atoms with Gasteiger partial charge >= 0.3 is 0 Å². The second-order valence-electron chi connectivity index (χ2n) is 5.95. The number of nitrogens with one attached hydrogen (secondary N) is 2. The van der Waals surface area contributed by atoms with Gasteiger partial charge in [0, 0.05) is 24.5 Å². The van der Waals surface area contributed by atoms with Crippen molar-refractivity contribution in [2.75, 3.05) is 31.4 Å². The van der Waals surface area contributed by atoms with E-state index in [1.807, 2.05) is 18.2 Å². The molecule has 0 saturated carbocycles. The van der Waals surface area contributed by atoms with Gasteiger partial charge in [0.25, 0.3) is 5.91 Å². The summed E-state index contributed by atoms with van der Waals surface area (Å²) in [5, 5.41) is 5.95. The minimum atomic E-state index is -0.333. The van der Waals surface area contributed by atoms with E-state index >= 15 is 0 Å². The average molecular weight is 378 g/mol. The molecule has 1 aromatic heterocycles. The number of carbonyl (C=O) groups excluding carboxylic acids is 1. The van der Waals surface area contributed by atoms with E-state index in [1.165, 1.54) is 5.56 Å². The number of aromatic nitrogens is 2. The zero-order chi connectivity index (χ0) is 19.8. The zero-order valence-electron chi connectivity index (χ0n) is 15.8. The van der Waals surface area contributed by atoms with Crippen molar-refractivity contribution in [3.63, 3.8) is 0 Å². The van der Waals surface area contributed by atoms with Gasteiger partial charge in [-0.2, -0.15) is 0 Å². The fourth-order valence-corrected chi connectivity index (χ4v) is 2.64. The summed E-state index contributed by atoms with van der Waals surface area (Å²) in [6.45, 7) is 0.671. The lowest BCUT2D eigenvalue weighted by Crippen LogP contribution is -2.16. The lowest BCUT2D eigenvalue weighted by Gasteiger charge is -2.11. The van der Waals surface area contributed by atoms with Gasteiger partial charge in [0.05, 0.1) is 14.2 Å². The van der Waals surface area contributed by atoms with Gasteiger partial charge in [-0.3, -0.25) is 4.79 Å². The molecule has 144 valence electrons. The Morgan fingerprint density at radius 1 is 1.00 bits per heavy atom. The maximum Gasteiger partial charge on any atom is 0.274 e. The molecule has 2 aromatic carbocycles. The molecular formula is C21H22N4O3. The Balaban J connectivity index is 1.62. The Bertz CT molecular complexity index is 932. The summed E-state index contributed by atoms with van der Waals surface area (Å²) in [5.41, 5.74) is 2.07. The normalized spacial score (nSPS) is 10.2. The van der Waals surface area contributed by atoms with Crippen molar-refractivity contribution in [3.05, 3.63) is 72.1 Å². The van der Waals surface area contributed by atoms with Gasteiger partial charge in [-0.15, -0.1) is 0 Å². The topological polar surface area (TPSA) is 85.4 Å². The van der Waals surface area contributed by atoms with Crippen LogP contribution < -0.4 is 20.1 Å². The van der Waals surface area contributed by atoms with Gasteiger partial charge in [-0.25, -0.2) is 9.97 Å². The first-order chi connectivity index (χ1) is 13.7. The highest BCUT2D eigenvalue weighted by atomic mass is 16.5. The van der Waals surface area contributed by atoms with Crippen LogP contribution in [-0.2, 0) is 6.42 Å². The second kappa shape index (κ2) is 9.36. The Morgan fingerprint density at radius 2 is 1.79 bits per heavy atom. The van der Waals surface area contributed by atoms with Gasteiger partial charge in [0.1, 0.15) is 5.69 Å². The molecule has 3 aromatic rings. The van der Waals surface area contributed by atoms with Gasteiger partial charge in [0.15, 0.2) is 11.5 Å². The molecule has 0 aliphatic carbocycles. The molecule has 0 aliphatic heterocycles. The fraction of sp³-hybridized carbons (Fsp3) is 0.190. The number of benzene rings is 2. The molecule has 0 atom stereocenters. The van der Waals surface area contributed by atoms with Crippen LogP contribution in [0, 0.1) is 0 Å². The second-order valence-corrected chi connectivity index (χ2v) is 5.95. The number of anilines is 2. The van der Waals surface area contributed by atoms with Gasteiger partial charge in [-0.1, -0.05) is 30.3 Å². The third-order valence-electron chi connectivity index (χ3n) is 4.07. The number of methoxy groups -OCH3 is 2. The maximum absolute atomic E-state index is 12.5. The molecule has 0 aliphatic rings. The van der Waals surface area contributed by atoms with Crippen molar-refractivity contribution in [2.24, 2.45) is 0 Å². The third-order valence-corrected chi connectivity index (χ3v) is 4.07. The minimum absolute atomic E-state index is 0.270. The van der Waals surface area contributed by atoms with Crippen molar-refractivity contribution in [3.8, 4) is 11.5 Å². The molecule has 0 fully saturated rings. The van der Waals surface area contributed by atoms with Crippen LogP contribution in [0.1, 0.15) is 16.1 Å². The van der Waals surface area contributed by atoms with E-state index in [2.05, 4.69) is 32.7 Å². The van der Waals surface area contributed by atoms with Gasteiger partial charge in [-0.05, 0) is 30.2 Å². The van der Waals surface area contributed by atoms with Crippen molar-refractivity contribution in [1.29, 1.82) is 0 Å². The first-order valence-corrected chi connectivity index (χ1v) is 8.84. The smallest absolute Gasteiger partial charge is 0.274 e. The summed E-state index contributed by atoms with van der Waals surface area (Å²) < 4.78 is 10.5. The van der Waals surface area contributed by atoms with E-state index in [1.54, 1.807) is 44.7 Å². The number of hydrogen-bond acceptors (Lipinski definition) is 6. The quantitative estimate of drug-likeness (QED) is 0.625. The zero-order valence-corrected chi connectivity index (χ0v) is 15.8. The Morgan fingerprint density at radius 3 is 2.54 bits per heavy atom. The molecule has 28 heavy (non-hydrogen) atoms. The largest absolute Gasteiger partial charge is 0.493 e. The third kappa shape index (κ3) is 4.97. The molecule has 0 unspecified atom stereocenters. The number of amides is 1. The fourth-order valence-electron chi connectivity index (χ4n) is 2.64. The van der Waals surface area contributed by atoms with E-state index in [0.717, 1.165) is 6.42 Å². The number of carbonyl (C=O) groups is 1. The Hall–Kier alpha value is -3.61. The highest BCUT2D eigenvalue weighted by Crippen LogP contribution is 2.29. The van der Waals surface area contributed by atoms with Crippen LogP contribution in [0.4, 0.5) is 11.6 Å². The summed E-state index contributed by atoms with van der Waals surface area (Å²) in [4.78, 5) is 21.0. The van der Waals surface area contributed by atoms with Crippen LogP contribution in [0.15, 0.2) is 60.8 Å². The SMILES string of the molecule is COc1ccc(NC(=O)c2ccnc(NCCc3ccccc3)n2)cc1OC. The van der Waals surface area contributed by atoms with E-state index < -0.39 is 0 Å². The average Bonchev–Trinajstić information content (AvgIpc) is 2.74. The molecule has 1 heterocycles. The molecule has 7 nitrogen and oxygen atoms in total. The number of nitrogens with zero attached hydrogens (tertiary/aromatic N) is 2. The first-order valence-electron chi connectivity index (χ1n) is 8.84. The highest BCUT2D eigenvalue weighted by molar-refractivity contribution is 6.03. The van der Waals surface area contributed by atoms with E-state index in [-0.39, 0.29) is 11.6 Å². The van der Waals surface area contributed by atoms with E-state index in [9.17, 15) is 4.79 Å². The van der Waals surface area contributed by atoms with Crippen LogP contribution in [0.2, 0.25) is 0 Å². The first kappa shape index (κ1) is 19.2. The minimum Gasteiger partial charge on any atom is -0.493 e. The summed E-state index contributed by atoms with van der Waals surface area (Å²) >= 11 is 0. The van der Waals surface area contributed by atoms with Crippen molar-refractivity contribution in [2.45, 2.75) is 6.42 Å². The van der Waals surface area contributed by atoms with Gasteiger partial charge < -0.3 is 20.1 Å².